The standard InChI is InChI=1S/C12H10O3/c1-2-15-12(14)9-3-5-10-8(7-9)4-6-11(10)13/h3-7H,2H2,1H3. The lowest BCUT2D eigenvalue weighted by Gasteiger charge is -2.03. The fourth-order valence-corrected chi connectivity index (χ4v) is 1.52. The Morgan fingerprint density at radius 1 is 1.33 bits per heavy atom. The van der Waals surface area contributed by atoms with Gasteiger partial charge in [-0.1, -0.05) is 6.08 Å². The predicted octanol–water partition coefficient (Wildman–Crippen LogP) is 2.07. The number of rotatable bonds is 2. The Hall–Kier alpha value is -1.90. The maximum atomic E-state index is 11.4. The quantitative estimate of drug-likeness (QED) is 0.689. The molecule has 1 aliphatic rings. The molecule has 3 nitrogen and oxygen atoms in total. The van der Waals surface area contributed by atoms with Gasteiger partial charge >= 0.3 is 5.97 Å². The average Bonchev–Trinajstić information content (AvgIpc) is 2.60. The van der Waals surface area contributed by atoms with E-state index in [1.165, 1.54) is 6.08 Å². The molecule has 0 N–H and O–H groups in total. The molecular formula is C12H10O3. The van der Waals surface area contributed by atoms with Crippen molar-refractivity contribution < 1.29 is 14.3 Å². The fraction of sp³-hybridized carbons (Fsp3) is 0.167. The van der Waals surface area contributed by atoms with Gasteiger partial charge in [0.2, 0.25) is 0 Å². The monoisotopic (exact) mass is 202 g/mol. The molecule has 0 heterocycles. The molecule has 2 rings (SSSR count). The molecule has 0 bridgehead atoms. The van der Waals surface area contributed by atoms with Gasteiger partial charge in [0.25, 0.3) is 0 Å². The van der Waals surface area contributed by atoms with Gasteiger partial charge in [-0.05, 0) is 36.8 Å². The lowest BCUT2D eigenvalue weighted by molar-refractivity contribution is 0.0526. The zero-order valence-electron chi connectivity index (χ0n) is 8.32. The number of carbonyl (C=O) groups is 2. The molecule has 0 unspecified atom stereocenters. The van der Waals surface area contributed by atoms with Crippen LogP contribution in [0.3, 0.4) is 0 Å². The molecule has 76 valence electrons. The Labute approximate surface area is 87.4 Å². The molecule has 0 atom stereocenters. The molecule has 0 spiro atoms. The van der Waals surface area contributed by atoms with Gasteiger partial charge in [-0.15, -0.1) is 0 Å². The van der Waals surface area contributed by atoms with E-state index in [0.29, 0.717) is 17.7 Å². The highest BCUT2D eigenvalue weighted by atomic mass is 16.5. The summed E-state index contributed by atoms with van der Waals surface area (Å²) in [4.78, 5) is 22.7. The van der Waals surface area contributed by atoms with Crippen molar-refractivity contribution in [1.29, 1.82) is 0 Å². The Kier molecular flexibility index (Phi) is 2.37. The van der Waals surface area contributed by atoms with Crippen molar-refractivity contribution in [3.05, 3.63) is 41.0 Å². The summed E-state index contributed by atoms with van der Waals surface area (Å²) >= 11 is 0. The zero-order chi connectivity index (χ0) is 10.8. The van der Waals surface area contributed by atoms with E-state index in [0.717, 1.165) is 5.56 Å². The zero-order valence-corrected chi connectivity index (χ0v) is 8.32. The van der Waals surface area contributed by atoms with Crippen LogP contribution in [0.4, 0.5) is 0 Å². The normalized spacial score (nSPS) is 12.7. The first-order valence-corrected chi connectivity index (χ1v) is 4.76. The van der Waals surface area contributed by atoms with E-state index in [1.807, 2.05) is 0 Å². The summed E-state index contributed by atoms with van der Waals surface area (Å²) in [6, 6.07) is 4.94. The Morgan fingerprint density at radius 3 is 2.87 bits per heavy atom. The van der Waals surface area contributed by atoms with E-state index in [1.54, 1.807) is 31.2 Å². The van der Waals surface area contributed by atoms with Crippen molar-refractivity contribution >= 4 is 17.8 Å². The fourth-order valence-electron chi connectivity index (χ4n) is 1.52. The van der Waals surface area contributed by atoms with E-state index >= 15 is 0 Å². The molecule has 0 saturated heterocycles. The van der Waals surface area contributed by atoms with Gasteiger partial charge in [-0.25, -0.2) is 4.79 Å². The van der Waals surface area contributed by atoms with Crippen LogP contribution in [0.2, 0.25) is 0 Å². The third kappa shape index (κ3) is 1.68. The van der Waals surface area contributed by atoms with Crippen LogP contribution in [-0.2, 0) is 4.74 Å². The minimum absolute atomic E-state index is 0.0135. The lowest BCUT2D eigenvalue weighted by atomic mass is 10.1. The minimum Gasteiger partial charge on any atom is -0.462 e. The van der Waals surface area contributed by atoms with Crippen LogP contribution in [0.1, 0.15) is 33.2 Å². The van der Waals surface area contributed by atoms with Gasteiger partial charge in [-0.3, -0.25) is 4.79 Å². The van der Waals surface area contributed by atoms with Crippen molar-refractivity contribution in [2.45, 2.75) is 6.92 Å². The summed E-state index contributed by atoms with van der Waals surface area (Å²) in [6.07, 6.45) is 3.21. The first-order valence-electron chi connectivity index (χ1n) is 4.76. The number of benzene rings is 1. The van der Waals surface area contributed by atoms with Crippen LogP contribution >= 0.6 is 0 Å². The maximum Gasteiger partial charge on any atom is 0.338 e. The largest absolute Gasteiger partial charge is 0.462 e. The average molecular weight is 202 g/mol. The summed E-state index contributed by atoms with van der Waals surface area (Å²) < 4.78 is 4.87. The van der Waals surface area contributed by atoms with Gasteiger partial charge in [0, 0.05) is 5.56 Å². The van der Waals surface area contributed by atoms with Gasteiger partial charge in [0.15, 0.2) is 5.78 Å². The van der Waals surface area contributed by atoms with Crippen molar-refractivity contribution in [3.8, 4) is 0 Å². The summed E-state index contributed by atoms with van der Waals surface area (Å²) in [6.45, 7) is 2.11. The van der Waals surface area contributed by atoms with Gasteiger partial charge < -0.3 is 4.74 Å². The van der Waals surface area contributed by atoms with Crippen molar-refractivity contribution in [2.75, 3.05) is 6.61 Å². The van der Waals surface area contributed by atoms with E-state index in [2.05, 4.69) is 0 Å². The van der Waals surface area contributed by atoms with Crippen molar-refractivity contribution in [2.24, 2.45) is 0 Å². The molecule has 0 aliphatic heterocycles. The topological polar surface area (TPSA) is 43.4 Å². The summed E-state index contributed by atoms with van der Waals surface area (Å²) in [5.41, 5.74) is 1.91. The van der Waals surface area contributed by atoms with E-state index < -0.39 is 0 Å². The number of allylic oxidation sites excluding steroid dienone is 1. The molecule has 1 aromatic rings. The van der Waals surface area contributed by atoms with E-state index in [-0.39, 0.29) is 11.8 Å². The highest BCUT2D eigenvalue weighted by molar-refractivity contribution is 6.14. The van der Waals surface area contributed by atoms with E-state index in [9.17, 15) is 9.59 Å². The molecule has 0 radical (unpaired) electrons. The molecule has 0 saturated carbocycles. The van der Waals surface area contributed by atoms with E-state index in [4.69, 9.17) is 4.74 Å². The first-order chi connectivity index (χ1) is 7.22. The molecule has 0 fully saturated rings. The highest BCUT2D eigenvalue weighted by Crippen LogP contribution is 2.21. The SMILES string of the molecule is CCOC(=O)c1ccc2c(c1)C=CC2=O. The molecule has 1 aromatic carbocycles. The van der Waals surface area contributed by atoms with Crippen molar-refractivity contribution in [1.82, 2.24) is 0 Å². The molecule has 0 amide bonds. The smallest absolute Gasteiger partial charge is 0.338 e. The second-order valence-corrected chi connectivity index (χ2v) is 3.22. The number of ether oxygens (including phenoxy) is 1. The molecule has 0 aromatic heterocycles. The highest BCUT2D eigenvalue weighted by Gasteiger charge is 2.16. The number of ketones is 1. The molecular weight excluding hydrogens is 192 g/mol. The Bertz CT molecular complexity index is 458. The Morgan fingerprint density at radius 2 is 2.13 bits per heavy atom. The Balaban J connectivity index is 2.34. The summed E-state index contributed by atoms with van der Waals surface area (Å²) in [5, 5.41) is 0. The predicted molar refractivity (Wildman–Crippen MR) is 55.8 cm³/mol. The number of carbonyl (C=O) groups excluding carboxylic acids is 2. The molecule has 15 heavy (non-hydrogen) atoms. The summed E-state index contributed by atoms with van der Waals surface area (Å²) in [5.74, 6) is -0.367. The van der Waals surface area contributed by atoms with Gasteiger partial charge in [-0.2, -0.15) is 0 Å². The van der Waals surface area contributed by atoms with Crippen LogP contribution in [0, 0.1) is 0 Å². The molecule has 1 aliphatic carbocycles. The van der Waals surface area contributed by atoms with Crippen molar-refractivity contribution in [3.63, 3.8) is 0 Å². The minimum atomic E-state index is -0.354. The van der Waals surface area contributed by atoms with Gasteiger partial charge in [0.1, 0.15) is 0 Å². The maximum absolute atomic E-state index is 11.4. The van der Waals surface area contributed by atoms with Crippen LogP contribution in [0.5, 0.6) is 0 Å². The van der Waals surface area contributed by atoms with Crippen LogP contribution in [-0.4, -0.2) is 18.4 Å². The number of fused-ring (bicyclic) bond motifs is 1. The summed E-state index contributed by atoms with van der Waals surface area (Å²) in [7, 11) is 0. The lowest BCUT2D eigenvalue weighted by Crippen LogP contribution is -2.05. The number of esters is 1. The molecule has 3 heteroatoms. The second kappa shape index (κ2) is 3.69. The van der Waals surface area contributed by atoms with Crippen LogP contribution in [0.15, 0.2) is 24.3 Å². The number of hydrogen-bond donors (Lipinski definition) is 0. The third-order valence-corrected chi connectivity index (χ3v) is 2.24. The van der Waals surface area contributed by atoms with Crippen LogP contribution < -0.4 is 0 Å². The second-order valence-electron chi connectivity index (χ2n) is 3.22. The van der Waals surface area contributed by atoms with Crippen LogP contribution in [0.25, 0.3) is 6.08 Å². The number of hydrogen-bond acceptors (Lipinski definition) is 3. The first kappa shape index (κ1) is 9.65. The van der Waals surface area contributed by atoms with Gasteiger partial charge in [0.05, 0.1) is 12.2 Å². The third-order valence-electron chi connectivity index (χ3n) is 2.24.